The fourth-order valence-corrected chi connectivity index (χ4v) is 4.01. The van der Waals surface area contributed by atoms with E-state index in [0.717, 1.165) is 31.2 Å². The smallest absolute Gasteiger partial charge is 0.315 e. The molecule has 27 heavy (non-hydrogen) atoms. The molecule has 5 heteroatoms. The molecule has 2 amide bonds. The van der Waals surface area contributed by atoms with Gasteiger partial charge in [-0.3, -0.25) is 19.3 Å². The summed E-state index contributed by atoms with van der Waals surface area (Å²) >= 11 is 0. The van der Waals surface area contributed by atoms with Crippen LogP contribution in [0.4, 0.5) is 5.69 Å². The summed E-state index contributed by atoms with van der Waals surface area (Å²) in [5.41, 5.74) is 1.43. The highest BCUT2D eigenvalue weighted by Gasteiger charge is 2.48. The van der Waals surface area contributed by atoms with E-state index < -0.39 is 0 Å². The SMILES string of the molecule is O=C(Cc1ccccc1)Oc1ccc(N2C(=O)[C@H]3CCCC[C@H]3C2=O)cc1. The first-order chi connectivity index (χ1) is 13.1. The summed E-state index contributed by atoms with van der Waals surface area (Å²) in [5, 5.41) is 0. The van der Waals surface area contributed by atoms with Crippen molar-refractivity contribution < 1.29 is 19.1 Å². The molecule has 1 aliphatic heterocycles. The first-order valence-corrected chi connectivity index (χ1v) is 9.36. The van der Waals surface area contributed by atoms with Gasteiger partial charge in [0.2, 0.25) is 11.8 Å². The zero-order valence-electron chi connectivity index (χ0n) is 15.0. The summed E-state index contributed by atoms with van der Waals surface area (Å²) in [7, 11) is 0. The number of ether oxygens (including phenoxy) is 1. The molecule has 0 unspecified atom stereocenters. The lowest BCUT2D eigenvalue weighted by molar-refractivity contribution is -0.133. The molecule has 1 saturated heterocycles. The summed E-state index contributed by atoms with van der Waals surface area (Å²) in [5.74, 6) is -0.495. The maximum absolute atomic E-state index is 12.6. The lowest BCUT2D eigenvalue weighted by Gasteiger charge is -2.19. The van der Waals surface area contributed by atoms with Crippen molar-refractivity contribution in [2.75, 3.05) is 4.90 Å². The van der Waals surface area contributed by atoms with Gasteiger partial charge in [0, 0.05) is 0 Å². The van der Waals surface area contributed by atoms with Gasteiger partial charge in [-0.2, -0.15) is 0 Å². The van der Waals surface area contributed by atoms with Crippen LogP contribution in [0.1, 0.15) is 31.2 Å². The molecule has 0 radical (unpaired) electrons. The number of hydrogen-bond donors (Lipinski definition) is 0. The van der Waals surface area contributed by atoms with Gasteiger partial charge >= 0.3 is 5.97 Å². The number of rotatable bonds is 4. The van der Waals surface area contributed by atoms with Crippen molar-refractivity contribution in [1.82, 2.24) is 0 Å². The van der Waals surface area contributed by atoms with Crippen LogP contribution in [-0.4, -0.2) is 17.8 Å². The largest absolute Gasteiger partial charge is 0.426 e. The van der Waals surface area contributed by atoms with Crippen LogP contribution in [0.25, 0.3) is 0 Å². The Hall–Kier alpha value is -2.95. The summed E-state index contributed by atoms with van der Waals surface area (Å²) in [6.07, 6.45) is 3.78. The molecular weight excluding hydrogens is 342 g/mol. The lowest BCUT2D eigenvalue weighted by Crippen LogP contribution is -2.30. The van der Waals surface area contributed by atoms with E-state index in [4.69, 9.17) is 4.74 Å². The highest BCUT2D eigenvalue weighted by molar-refractivity contribution is 6.22. The number of amides is 2. The minimum Gasteiger partial charge on any atom is -0.426 e. The van der Waals surface area contributed by atoms with Crippen molar-refractivity contribution >= 4 is 23.5 Å². The number of benzene rings is 2. The number of hydrogen-bond acceptors (Lipinski definition) is 4. The number of imide groups is 1. The highest BCUT2D eigenvalue weighted by atomic mass is 16.5. The van der Waals surface area contributed by atoms with Crippen molar-refractivity contribution in [3.63, 3.8) is 0 Å². The van der Waals surface area contributed by atoms with E-state index in [-0.39, 0.29) is 36.0 Å². The van der Waals surface area contributed by atoms with Gasteiger partial charge in [0.1, 0.15) is 5.75 Å². The highest BCUT2D eigenvalue weighted by Crippen LogP contribution is 2.40. The van der Waals surface area contributed by atoms with Crippen LogP contribution in [0.15, 0.2) is 54.6 Å². The van der Waals surface area contributed by atoms with E-state index in [1.807, 2.05) is 30.3 Å². The third-order valence-electron chi connectivity index (χ3n) is 5.36. The van der Waals surface area contributed by atoms with Gasteiger partial charge in [-0.1, -0.05) is 43.2 Å². The topological polar surface area (TPSA) is 63.7 Å². The molecule has 138 valence electrons. The Bertz CT molecular complexity index is 836. The predicted molar refractivity (Wildman–Crippen MR) is 100 cm³/mol. The first-order valence-electron chi connectivity index (χ1n) is 9.36. The van der Waals surface area contributed by atoms with Crippen LogP contribution in [0, 0.1) is 11.8 Å². The van der Waals surface area contributed by atoms with Gasteiger partial charge < -0.3 is 4.74 Å². The molecule has 0 aromatic heterocycles. The van der Waals surface area contributed by atoms with E-state index in [1.54, 1.807) is 24.3 Å². The zero-order chi connectivity index (χ0) is 18.8. The third-order valence-corrected chi connectivity index (χ3v) is 5.36. The average molecular weight is 363 g/mol. The van der Waals surface area contributed by atoms with E-state index in [9.17, 15) is 14.4 Å². The minimum atomic E-state index is -0.353. The molecule has 1 aliphatic carbocycles. The van der Waals surface area contributed by atoms with Crippen LogP contribution in [0.3, 0.4) is 0 Å². The summed E-state index contributed by atoms with van der Waals surface area (Å²) in [6, 6.07) is 16.0. The minimum absolute atomic E-state index is 0.0986. The molecule has 0 bridgehead atoms. The summed E-state index contributed by atoms with van der Waals surface area (Å²) in [6.45, 7) is 0. The normalized spacial score (nSPS) is 21.9. The van der Waals surface area contributed by atoms with E-state index >= 15 is 0 Å². The second kappa shape index (κ2) is 7.35. The lowest BCUT2D eigenvalue weighted by atomic mass is 9.81. The molecule has 2 aliphatic rings. The van der Waals surface area contributed by atoms with Gasteiger partial charge in [0.15, 0.2) is 0 Å². The van der Waals surface area contributed by atoms with E-state index in [1.165, 1.54) is 4.90 Å². The summed E-state index contributed by atoms with van der Waals surface area (Å²) < 4.78 is 5.36. The number of esters is 1. The van der Waals surface area contributed by atoms with Gasteiger partial charge in [0.05, 0.1) is 23.9 Å². The molecule has 2 atom stereocenters. The standard InChI is InChI=1S/C22H21NO4/c24-20(14-15-6-2-1-3-7-15)27-17-12-10-16(11-13-17)23-21(25)18-8-4-5-9-19(18)22(23)26/h1-3,6-7,10-13,18-19H,4-5,8-9,14H2/t18-,19+. The number of anilines is 1. The Balaban J connectivity index is 1.44. The average Bonchev–Trinajstić information content (AvgIpc) is 2.94. The number of carbonyl (C=O) groups is 3. The Morgan fingerprint density at radius 2 is 1.48 bits per heavy atom. The molecule has 1 saturated carbocycles. The Morgan fingerprint density at radius 1 is 0.889 bits per heavy atom. The van der Waals surface area contributed by atoms with E-state index in [2.05, 4.69) is 0 Å². The first kappa shape index (κ1) is 17.5. The van der Waals surface area contributed by atoms with Crippen LogP contribution in [0.5, 0.6) is 5.75 Å². The molecule has 2 aromatic rings. The van der Waals surface area contributed by atoms with Crippen LogP contribution in [-0.2, 0) is 20.8 Å². The maximum atomic E-state index is 12.6. The Morgan fingerprint density at radius 3 is 2.07 bits per heavy atom. The van der Waals surface area contributed by atoms with Crippen molar-refractivity contribution in [1.29, 1.82) is 0 Å². The molecule has 1 heterocycles. The molecule has 0 N–H and O–H groups in total. The second-order valence-corrected chi connectivity index (χ2v) is 7.14. The molecule has 4 rings (SSSR count). The molecule has 2 fully saturated rings. The maximum Gasteiger partial charge on any atom is 0.315 e. The van der Waals surface area contributed by atoms with Crippen molar-refractivity contribution in [3.8, 4) is 5.75 Å². The Kier molecular flexibility index (Phi) is 4.75. The van der Waals surface area contributed by atoms with Crippen LogP contribution in [0.2, 0.25) is 0 Å². The van der Waals surface area contributed by atoms with Crippen molar-refractivity contribution in [2.45, 2.75) is 32.1 Å². The van der Waals surface area contributed by atoms with Crippen LogP contribution >= 0.6 is 0 Å². The third kappa shape index (κ3) is 3.50. The second-order valence-electron chi connectivity index (χ2n) is 7.14. The molecule has 5 nitrogen and oxygen atoms in total. The van der Waals surface area contributed by atoms with Gasteiger partial charge in [-0.05, 0) is 42.7 Å². The van der Waals surface area contributed by atoms with Gasteiger partial charge in [-0.25, -0.2) is 0 Å². The van der Waals surface area contributed by atoms with Crippen molar-refractivity contribution in [2.24, 2.45) is 11.8 Å². The molecule has 0 spiro atoms. The Labute approximate surface area is 157 Å². The zero-order valence-corrected chi connectivity index (χ0v) is 15.0. The quantitative estimate of drug-likeness (QED) is 0.474. The van der Waals surface area contributed by atoms with E-state index in [0.29, 0.717) is 11.4 Å². The molecular formula is C22H21NO4. The fourth-order valence-electron chi connectivity index (χ4n) is 4.01. The monoisotopic (exact) mass is 363 g/mol. The van der Waals surface area contributed by atoms with Crippen LogP contribution < -0.4 is 9.64 Å². The summed E-state index contributed by atoms with van der Waals surface area (Å²) in [4.78, 5) is 38.6. The predicted octanol–water partition coefficient (Wildman–Crippen LogP) is 3.51. The van der Waals surface area contributed by atoms with Gasteiger partial charge in [0.25, 0.3) is 0 Å². The number of fused-ring (bicyclic) bond motifs is 1. The van der Waals surface area contributed by atoms with Gasteiger partial charge in [-0.15, -0.1) is 0 Å². The number of nitrogens with zero attached hydrogens (tertiary/aromatic N) is 1. The fraction of sp³-hybridized carbons (Fsp3) is 0.318. The number of carbonyl (C=O) groups excluding carboxylic acids is 3. The molecule has 2 aromatic carbocycles. The van der Waals surface area contributed by atoms with Crippen molar-refractivity contribution in [3.05, 3.63) is 60.2 Å².